The molecule has 0 saturated carbocycles. The predicted octanol–water partition coefficient (Wildman–Crippen LogP) is 4.48. The molecular formula is C14H7BrF4O5. The van der Waals surface area contributed by atoms with E-state index in [1.165, 1.54) is 24.3 Å². The summed E-state index contributed by atoms with van der Waals surface area (Å²) in [5, 5.41) is 8.89. The summed E-state index contributed by atoms with van der Waals surface area (Å²) in [6.07, 6.45) is -7.14. The first-order chi connectivity index (χ1) is 11.1. The Morgan fingerprint density at radius 1 is 0.708 bits per heavy atom. The standard InChI is InChI=1S/C7H3BrF2O2.C7H4F2O3/c8-4-1-2-5-6(3-4)12-7(9,10)11-5;8-7(9)11-5-2-1-4(10)3-6(5)12-7/h1-3H;1-3,10H. The number of hydrogen-bond acceptors (Lipinski definition) is 5. The molecule has 10 heteroatoms. The van der Waals surface area contributed by atoms with Crippen molar-refractivity contribution in [1.29, 1.82) is 0 Å². The van der Waals surface area contributed by atoms with Crippen molar-refractivity contribution in [2.75, 3.05) is 0 Å². The Morgan fingerprint density at radius 2 is 1.17 bits per heavy atom. The molecule has 0 unspecified atom stereocenters. The van der Waals surface area contributed by atoms with Gasteiger partial charge in [-0.15, -0.1) is 17.6 Å². The maximum Gasteiger partial charge on any atom is 0.586 e. The number of alkyl halides is 4. The Hall–Kier alpha value is -2.36. The molecule has 24 heavy (non-hydrogen) atoms. The number of ether oxygens (including phenoxy) is 4. The SMILES string of the molecule is FC1(F)Oc2ccc(Br)cc2O1.Oc1ccc2c(c1)OC(F)(F)O2. The number of phenols is 1. The van der Waals surface area contributed by atoms with E-state index in [4.69, 9.17) is 5.11 Å². The van der Waals surface area contributed by atoms with Crippen molar-refractivity contribution in [3.8, 4) is 28.7 Å². The van der Waals surface area contributed by atoms with Gasteiger partial charge in [0.15, 0.2) is 23.0 Å². The highest BCUT2D eigenvalue weighted by molar-refractivity contribution is 9.10. The minimum absolute atomic E-state index is 0.0503. The Bertz CT molecular complexity index is 718. The highest BCUT2D eigenvalue weighted by atomic mass is 79.9. The molecule has 0 spiro atoms. The molecule has 0 amide bonds. The summed E-state index contributed by atoms with van der Waals surface area (Å²) in [5.74, 6) is -0.259. The molecule has 1 N–H and O–H groups in total. The number of aromatic hydroxyl groups is 1. The first kappa shape index (κ1) is 16.5. The molecule has 2 aliphatic heterocycles. The molecule has 0 bridgehead atoms. The maximum absolute atomic E-state index is 12.4. The van der Waals surface area contributed by atoms with Crippen LogP contribution in [0.5, 0.6) is 28.7 Å². The van der Waals surface area contributed by atoms with Crippen molar-refractivity contribution in [2.24, 2.45) is 0 Å². The van der Waals surface area contributed by atoms with Crippen LogP contribution in [0.25, 0.3) is 0 Å². The first-order valence-electron chi connectivity index (χ1n) is 6.28. The van der Waals surface area contributed by atoms with E-state index in [-0.39, 0.29) is 28.7 Å². The molecule has 0 aliphatic carbocycles. The third-order valence-electron chi connectivity index (χ3n) is 2.75. The molecule has 2 aromatic carbocycles. The minimum Gasteiger partial charge on any atom is -0.508 e. The van der Waals surface area contributed by atoms with Crippen molar-refractivity contribution < 1.29 is 41.6 Å². The van der Waals surface area contributed by atoms with Gasteiger partial charge in [-0.2, -0.15) is 0 Å². The lowest BCUT2D eigenvalue weighted by molar-refractivity contribution is -0.287. The molecule has 5 nitrogen and oxygen atoms in total. The lowest BCUT2D eigenvalue weighted by Gasteiger charge is -2.04. The summed E-state index contributed by atoms with van der Waals surface area (Å²) in [4.78, 5) is 0. The van der Waals surface area contributed by atoms with Crippen molar-refractivity contribution in [3.05, 3.63) is 40.9 Å². The summed E-state index contributed by atoms with van der Waals surface area (Å²) in [6.45, 7) is 0. The van der Waals surface area contributed by atoms with Gasteiger partial charge in [-0.25, -0.2) is 0 Å². The third-order valence-corrected chi connectivity index (χ3v) is 3.24. The van der Waals surface area contributed by atoms with E-state index < -0.39 is 12.6 Å². The Labute approximate surface area is 140 Å². The van der Waals surface area contributed by atoms with Crippen LogP contribution in [0.4, 0.5) is 17.6 Å². The Kier molecular flexibility index (Phi) is 3.86. The van der Waals surface area contributed by atoms with E-state index in [0.29, 0.717) is 4.47 Å². The Morgan fingerprint density at radius 3 is 1.75 bits per heavy atom. The summed E-state index contributed by atoms with van der Waals surface area (Å²) in [5.41, 5.74) is 0. The van der Waals surface area contributed by atoms with Gasteiger partial charge in [0.25, 0.3) is 0 Å². The topological polar surface area (TPSA) is 57.2 Å². The van der Waals surface area contributed by atoms with Crippen LogP contribution < -0.4 is 18.9 Å². The zero-order valence-electron chi connectivity index (χ0n) is 11.4. The van der Waals surface area contributed by atoms with Gasteiger partial charge in [0.1, 0.15) is 5.75 Å². The molecule has 0 atom stereocenters. The van der Waals surface area contributed by atoms with Crippen LogP contribution >= 0.6 is 15.9 Å². The molecule has 0 aromatic heterocycles. The smallest absolute Gasteiger partial charge is 0.508 e. The third kappa shape index (κ3) is 3.58. The van der Waals surface area contributed by atoms with Crippen LogP contribution in [-0.4, -0.2) is 17.7 Å². The molecule has 0 fully saturated rings. The van der Waals surface area contributed by atoms with Gasteiger partial charge in [0.2, 0.25) is 0 Å². The van der Waals surface area contributed by atoms with E-state index in [9.17, 15) is 17.6 Å². The number of phenolic OH excluding ortho intramolecular Hbond substituents is 1. The lowest BCUT2D eigenvalue weighted by atomic mass is 10.3. The van der Waals surface area contributed by atoms with Gasteiger partial charge in [-0.3, -0.25) is 0 Å². The van der Waals surface area contributed by atoms with Gasteiger partial charge < -0.3 is 24.1 Å². The lowest BCUT2D eigenvalue weighted by Crippen LogP contribution is -2.25. The average molecular weight is 411 g/mol. The highest BCUT2D eigenvalue weighted by Crippen LogP contribution is 2.43. The zero-order valence-corrected chi connectivity index (χ0v) is 13.0. The van der Waals surface area contributed by atoms with Crippen LogP contribution in [0.3, 0.4) is 0 Å². The summed E-state index contributed by atoms with van der Waals surface area (Å²) in [7, 11) is 0. The normalized spacial score (nSPS) is 17.9. The van der Waals surface area contributed by atoms with E-state index >= 15 is 0 Å². The maximum atomic E-state index is 12.4. The zero-order chi connectivity index (χ0) is 17.5. The van der Waals surface area contributed by atoms with Crippen molar-refractivity contribution >= 4 is 15.9 Å². The van der Waals surface area contributed by atoms with E-state index in [2.05, 4.69) is 34.9 Å². The van der Waals surface area contributed by atoms with Gasteiger partial charge in [0.05, 0.1) is 0 Å². The first-order valence-corrected chi connectivity index (χ1v) is 7.07. The number of benzene rings is 2. The van der Waals surface area contributed by atoms with Crippen LogP contribution in [0.15, 0.2) is 40.9 Å². The summed E-state index contributed by atoms with van der Waals surface area (Å²) >= 11 is 3.12. The number of hydrogen-bond donors (Lipinski definition) is 1. The number of fused-ring (bicyclic) bond motifs is 2. The second-order valence-corrected chi connectivity index (χ2v) is 5.47. The number of rotatable bonds is 0. The van der Waals surface area contributed by atoms with Crippen LogP contribution in [0, 0.1) is 0 Å². The molecular weight excluding hydrogens is 404 g/mol. The summed E-state index contributed by atoms with van der Waals surface area (Å²) in [6, 6.07) is 7.96. The molecule has 2 heterocycles. The van der Waals surface area contributed by atoms with E-state index in [0.717, 1.165) is 6.07 Å². The van der Waals surface area contributed by atoms with Crippen molar-refractivity contribution in [3.63, 3.8) is 0 Å². The Balaban J connectivity index is 0.000000141. The largest absolute Gasteiger partial charge is 0.586 e. The molecule has 0 saturated heterocycles. The minimum atomic E-state index is -3.61. The molecule has 0 radical (unpaired) electrons. The number of halogens is 5. The predicted molar refractivity (Wildman–Crippen MR) is 74.7 cm³/mol. The molecule has 4 rings (SSSR count). The van der Waals surface area contributed by atoms with Gasteiger partial charge >= 0.3 is 12.6 Å². The highest BCUT2D eigenvalue weighted by Gasteiger charge is 2.44. The average Bonchev–Trinajstić information content (AvgIpc) is 2.91. The fourth-order valence-electron chi connectivity index (χ4n) is 1.86. The van der Waals surface area contributed by atoms with Crippen LogP contribution in [-0.2, 0) is 0 Å². The second kappa shape index (κ2) is 5.62. The second-order valence-electron chi connectivity index (χ2n) is 4.56. The van der Waals surface area contributed by atoms with Crippen LogP contribution in [0.2, 0.25) is 0 Å². The monoisotopic (exact) mass is 410 g/mol. The summed E-state index contributed by atoms with van der Waals surface area (Å²) < 4.78 is 66.7. The van der Waals surface area contributed by atoms with Crippen molar-refractivity contribution in [2.45, 2.75) is 12.6 Å². The van der Waals surface area contributed by atoms with E-state index in [1.807, 2.05) is 0 Å². The van der Waals surface area contributed by atoms with Gasteiger partial charge in [-0.1, -0.05) is 15.9 Å². The van der Waals surface area contributed by atoms with Crippen LogP contribution in [0.1, 0.15) is 0 Å². The van der Waals surface area contributed by atoms with E-state index in [1.54, 1.807) is 6.07 Å². The quantitative estimate of drug-likeness (QED) is 0.648. The molecule has 2 aliphatic rings. The fourth-order valence-corrected chi connectivity index (χ4v) is 2.20. The van der Waals surface area contributed by atoms with Crippen molar-refractivity contribution in [1.82, 2.24) is 0 Å². The van der Waals surface area contributed by atoms with Gasteiger partial charge in [0, 0.05) is 10.5 Å². The fraction of sp³-hybridized carbons (Fsp3) is 0.143. The molecule has 128 valence electrons. The van der Waals surface area contributed by atoms with Gasteiger partial charge in [-0.05, 0) is 30.3 Å². The molecule has 2 aromatic rings.